The molecule has 2 aromatic heterocycles. The van der Waals surface area contributed by atoms with Crippen molar-refractivity contribution in [3.63, 3.8) is 0 Å². The van der Waals surface area contributed by atoms with Gasteiger partial charge in [-0.25, -0.2) is 4.98 Å². The van der Waals surface area contributed by atoms with Gasteiger partial charge >= 0.3 is 0 Å². The minimum atomic E-state index is 0.515. The lowest BCUT2D eigenvalue weighted by molar-refractivity contribution is 0.783. The second-order valence-electron chi connectivity index (χ2n) is 4.79. The van der Waals surface area contributed by atoms with Crippen LogP contribution in [0.4, 0.5) is 5.82 Å². The van der Waals surface area contributed by atoms with Crippen LogP contribution in [0.25, 0.3) is 0 Å². The molecule has 0 bridgehead atoms. The maximum atomic E-state index is 5.64. The predicted octanol–water partition coefficient (Wildman–Crippen LogP) is 3.23. The smallest absolute Gasteiger partial charge is 0.131 e. The molecule has 110 valence electrons. The van der Waals surface area contributed by atoms with Crippen molar-refractivity contribution in [2.24, 2.45) is 5.73 Å². The molecule has 0 radical (unpaired) electrons. The van der Waals surface area contributed by atoms with Crippen molar-refractivity contribution in [2.45, 2.75) is 19.9 Å². The van der Waals surface area contributed by atoms with Gasteiger partial charge < -0.3 is 10.6 Å². The average molecular weight is 365 g/mol. The van der Waals surface area contributed by atoms with E-state index in [-0.39, 0.29) is 0 Å². The van der Waals surface area contributed by atoms with Gasteiger partial charge in [-0.2, -0.15) is 0 Å². The van der Waals surface area contributed by atoms with Crippen LogP contribution >= 0.6 is 28.1 Å². The summed E-state index contributed by atoms with van der Waals surface area (Å²) in [6.45, 7) is 3.51. The van der Waals surface area contributed by atoms with Crippen molar-refractivity contribution in [1.29, 1.82) is 0 Å². The molecule has 0 fully saturated rings. The third kappa shape index (κ3) is 4.75. The number of nitrogens with zero attached hydrogens (tertiary/aromatic N) is 3. The van der Waals surface area contributed by atoms with Crippen molar-refractivity contribution < 1.29 is 0 Å². The minimum Gasteiger partial charge on any atom is -0.393 e. The Morgan fingerprint density at radius 2 is 2.24 bits per heavy atom. The van der Waals surface area contributed by atoms with Crippen molar-refractivity contribution in [1.82, 2.24) is 9.97 Å². The lowest BCUT2D eigenvalue weighted by Gasteiger charge is -2.25. The Morgan fingerprint density at radius 1 is 1.43 bits per heavy atom. The molecular weight excluding hydrogens is 348 g/mol. The number of pyridine rings is 2. The zero-order chi connectivity index (χ0) is 15.2. The number of hydrogen-bond acceptors (Lipinski definition) is 4. The van der Waals surface area contributed by atoms with Gasteiger partial charge in [0, 0.05) is 42.6 Å². The summed E-state index contributed by atoms with van der Waals surface area (Å²) < 4.78 is 0.972. The van der Waals surface area contributed by atoms with E-state index < -0.39 is 0 Å². The Balaban J connectivity index is 2.24. The van der Waals surface area contributed by atoms with Crippen molar-refractivity contribution in [2.75, 3.05) is 11.4 Å². The second kappa shape index (κ2) is 7.47. The topological polar surface area (TPSA) is 55.0 Å². The molecular formula is C15H17BrN4S. The second-order valence-corrected chi connectivity index (χ2v) is 6.23. The first-order valence-electron chi connectivity index (χ1n) is 6.60. The Bertz CT molecular complexity index is 618. The van der Waals surface area contributed by atoms with Gasteiger partial charge in [0.2, 0.25) is 0 Å². The fourth-order valence-electron chi connectivity index (χ4n) is 2.08. The fourth-order valence-corrected chi connectivity index (χ4v) is 2.62. The maximum Gasteiger partial charge on any atom is 0.131 e. The fraction of sp³-hybridized carbons (Fsp3) is 0.267. The van der Waals surface area contributed by atoms with Gasteiger partial charge in [-0.3, -0.25) is 4.98 Å². The Hall–Kier alpha value is -1.53. The normalized spacial score (nSPS) is 10.4. The molecule has 6 heteroatoms. The molecule has 0 aliphatic carbocycles. The van der Waals surface area contributed by atoms with Crippen LogP contribution in [0.1, 0.15) is 17.5 Å². The van der Waals surface area contributed by atoms with E-state index in [1.54, 1.807) is 12.4 Å². The molecule has 2 N–H and O–H groups in total. The van der Waals surface area contributed by atoms with E-state index >= 15 is 0 Å². The molecule has 2 heterocycles. The van der Waals surface area contributed by atoms with Gasteiger partial charge in [0.15, 0.2) is 0 Å². The number of nitrogens with two attached hydrogens (primary N) is 1. The average Bonchev–Trinajstić information content (AvgIpc) is 2.45. The zero-order valence-electron chi connectivity index (χ0n) is 11.8. The summed E-state index contributed by atoms with van der Waals surface area (Å²) >= 11 is 8.44. The summed E-state index contributed by atoms with van der Waals surface area (Å²) in [5.41, 5.74) is 7.88. The van der Waals surface area contributed by atoms with Gasteiger partial charge in [0.05, 0.1) is 4.99 Å². The van der Waals surface area contributed by atoms with Crippen LogP contribution in [0, 0.1) is 6.92 Å². The van der Waals surface area contributed by atoms with Crippen molar-refractivity contribution >= 4 is 39.0 Å². The number of hydrogen-bond donors (Lipinski definition) is 1. The molecule has 0 unspecified atom stereocenters. The summed E-state index contributed by atoms with van der Waals surface area (Å²) in [6.07, 6.45) is 6.10. The lowest BCUT2D eigenvalue weighted by Crippen LogP contribution is -2.28. The number of thiocarbonyl (C=S) groups is 1. The number of anilines is 1. The first kappa shape index (κ1) is 15.9. The molecule has 4 nitrogen and oxygen atoms in total. The minimum absolute atomic E-state index is 0.515. The molecule has 2 aromatic rings. The summed E-state index contributed by atoms with van der Waals surface area (Å²) in [5, 5.41) is 0. The van der Waals surface area contributed by atoms with Gasteiger partial charge in [-0.15, -0.1) is 0 Å². The van der Waals surface area contributed by atoms with Crippen molar-refractivity contribution in [3.8, 4) is 0 Å². The van der Waals surface area contributed by atoms with E-state index in [9.17, 15) is 0 Å². The largest absolute Gasteiger partial charge is 0.393 e. The molecule has 21 heavy (non-hydrogen) atoms. The third-order valence-electron chi connectivity index (χ3n) is 3.04. The Morgan fingerprint density at radius 3 is 2.86 bits per heavy atom. The molecule has 0 amide bonds. The first-order chi connectivity index (χ1) is 10.1. The molecule has 0 aliphatic rings. The van der Waals surface area contributed by atoms with Crippen LogP contribution in [0.2, 0.25) is 0 Å². The van der Waals surface area contributed by atoms with Crippen LogP contribution in [0.5, 0.6) is 0 Å². The van der Waals surface area contributed by atoms with E-state index in [0.29, 0.717) is 11.4 Å². The summed E-state index contributed by atoms with van der Waals surface area (Å²) in [4.78, 5) is 11.4. The Labute approximate surface area is 138 Å². The lowest BCUT2D eigenvalue weighted by atomic mass is 10.2. The van der Waals surface area contributed by atoms with E-state index in [0.717, 1.165) is 34.5 Å². The van der Waals surface area contributed by atoms with E-state index in [1.165, 1.54) is 0 Å². The van der Waals surface area contributed by atoms with Gasteiger partial charge in [-0.1, -0.05) is 18.3 Å². The van der Waals surface area contributed by atoms with E-state index in [2.05, 4.69) is 42.9 Å². The van der Waals surface area contributed by atoms with Crippen molar-refractivity contribution in [3.05, 3.63) is 52.4 Å². The zero-order valence-corrected chi connectivity index (χ0v) is 14.2. The monoisotopic (exact) mass is 364 g/mol. The predicted molar refractivity (Wildman–Crippen MR) is 93.4 cm³/mol. The number of rotatable bonds is 6. The SMILES string of the molecule is Cc1cc(Br)cnc1N(CCC(N)=S)Cc1cccnc1. The van der Waals surface area contributed by atoms with E-state index in [1.807, 2.05) is 19.2 Å². The van der Waals surface area contributed by atoms with Crippen LogP contribution in [0.15, 0.2) is 41.3 Å². The summed E-state index contributed by atoms with van der Waals surface area (Å²) in [5.74, 6) is 0.943. The van der Waals surface area contributed by atoms with Crippen LogP contribution < -0.4 is 10.6 Å². The molecule has 2 rings (SSSR count). The number of aromatic nitrogens is 2. The first-order valence-corrected chi connectivity index (χ1v) is 7.80. The molecule has 0 aromatic carbocycles. The molecule has 0 atom stereocenters. The Kier molecular flexibility index (Phi) is 5.64. The van der Waals surface area contributed by atoms with Gasteiger partial charge in [0.1, 0.15) is 5.82 Å². The maximum absolute atomic E-state index is 5.64. The molecule has 0 spiro atoms. The van der Waals surface area contributed by atoms with Crippen LogP contribution in [-0.2, 0) is 6.54 Å². The van der Waals surface area contributed by atoms with Gasteiger partial charge in [0.25, 0.3) is 0 Å². The summed E-state index contributed by atoms with van der Waals surface area (Å²) in [6, 6.07) is 6.04. The number of aryl methyl sites for hydroxylation is 1. The molecule has 0 saturated carbocycles. The highest BCUT2D eigenvalue weighted by Crippen LogP contribution is 2.22. The van der Waals surface area contributed by atoms with Gasteiger partial charge in [-0.05, 0) is 46.1 Å². The van der Waals surface area contributed by atoms with Crippen LogP contribution in [-0.4, -0.2) is 21.5 Å². The van der Waals surface area contributed by atoms with Crippen LogP contribution in [0.3, 0.4) is 0 Å². The highest BCUT2D eigenvalue weighted by atomic mass is 79.9. The quantitative estimate of drug-likeness (QED) is 0.797. The highest BCUT2D eigenvalue weighted by molar-refractivity contribution is 9.10. The molecule has 0 saturated heterocycles. The summed E-state index contributed by atoms with van der Waals surface area (Å²) in [7, 11) is 0. The van der Waals surface area contributed by atoms with E-state index in [4.69, 9.17) is 18.0 Å². The third-order valence-corrected chi connectivity index (χ3v) is 3.68. The molecule has 0 aliphatic heterocycles. The standard InChI is InChI=1S/C15H17BrN4S/c1-11-7-13(16)9-19-15(11)20(6-4-14(17)21)10-12-3-2-5-18-8-12/h2-3,5,7-9H,4,6,10H2,1H3,(H2,17,21). The number of halogens is 1. The highest BCUT2D eigenvalue weighted by Gasteiger charge is 2.12.